The Morgan fingerprint density at radius 2 is 1.79 bits per heavy atom. The molecule has 3 atom stereocenters. The Morgan fingerprint density at radius 1 is 1.08 bits per heavy atom. The maximum Gasteiger partial charge on any atom is 0.0802 e. The van der Waals surface area contributed by atoms with Gasteiger partial charge in [-0.15, -0.1) is 0 Å². The number of fused-ring (bicyclic) bond motifs is 1. The number of allylic oxidation sites excluding steroid dienone is 4. The van der Waals surface area contributed by atoms with Gasteiger partial charge < -0.3 is 0 Å². The standard InChI is InChI=1S/C23H37B/c1-7-9-11-19-16(3)22(6,24)13-18-12-17(10-8-2)20-14-23(18,19)15-21(20,4)5/h18H,7-15H2,1-6H3. The highest BCUT2D eigenvalue weighted by Crippen LogP contribution is 2.71. The molecule has 0 amide bonds. The Balaban J connectivity index is 2.11. The van der Waals surface area contributed by atoms with Crippen molar-refractivity contribution in [1.29, 1.82) is 0 Å². The molecule has 0 aliphatic heterocycles. The Labute approximate surface area is 152 Å². The Bertz CT molecular complexity index is 575. The minimum absolute atomic E-state index is 0.0967. The van der Waals surface area contributed by atoms with Gasteiger partial charge in [0.15, 0.2) is 0 Å². The predicted molar refractivity (Wildman–Crippen MR) is 106 cm³/mol. The molecule has 1 heteroatoms. The molecule has 0 aromatic rings. The van der Waals surface area contributed by atoms with Gasteiger partial charge >= 0.3 is 0 Å². The summed E-state index contributed by atoms with van der Waals surface area (Å²) in [5, 5.41) is -0.0967. The molecular weight excluding hydrogens is 287 g/mol. The molecular formula is C23H37B. The van der Waals surface area contributed by atoms with Crippen molar-refractivity contribution in [3.63, 3.8) is 0 Å². The van der Waals surface area contributed by atoms with Crippen molar-refractivity contribution in [3.8, 4) is 0 Å². The molecule has 0 nitrogen and oxygen atoms in total. The molecule has 132 valence electrons. The molecule has 1 spiro atoms. The van der Waals surface area contributed by atoms with Crippen molar-refractivity contribution in [3.05, 3.63) is 22.3 Å². The minimum atomic E-state index is -0.0967. The van der Waals surface area contributed by atoms with Gasteiger partial charge in [0.05, 0.1) is 7.85 Å². The summed E-state index contributed by atoms with van der Waals surface area (Å²) < 4.78 is 0. The lowest BCUT2D eigenvalue weighted by molar-refractivity contribution is 0.143. The summed E-state index contributed by atoms with van der Waals surface area (Å²) in [6, 6.07) is 0. The van der Waals surface area contributed by atoms with E-state index in [1.54, 1.807) is 11.1 Å². The molecule has 0 N–H and O–H groups in total. The van der Waals surface area contributed by atoms with E-state index < -0.39 is 0 Å². The fourth-order valence-electron chi connectivity index (χ4n) is 6.48. The lowest BCUT2D eigenvalue weighted by Gasteiger charge is -2.52. The second kappa shape index (κ2) is 6.06. The first-order valence-electron chi connectivity index (χ1n) is 10.4. The average Bonchev–Trinajstić information content (AvgIpc) is 2.72. The summed E-state index contributed by atoms with van der Waals surface area (Å²) in [6.07, 6.45) is 11.7. The monoisotopic (exact) mass is 324 g/mol. The van der Waals surface area contributed by atoms with Crippen LogP contribution in [0.1, 0.15) is 99.3 Å². The average molecular weight is 324 g/mol. The zero-order valence-corrected chi connectivity index (χ0v) is 17.0. The maximum absolute atomic E-state index is 6.83. The van der Waals surface area contributed by atoms with Crippen LogP contribution in [0.3, 0.4) is 0 Å². The number of hydrogen-bond acceptors (Lipinski definition) is 0. The van der Waals surface area contributed by atoms with Gasteiger partial charge in [-0.1, -0.05) is 69.8 Å². The summed E-state index contributed by atoms with van der Waals surface area (Å²) in [7, 11) is 6.83. The molecule has 0 aromatic heterocycles. The first kappa shape index (κ1) is 18.3. The SMILES string of the molecule is [B]C1(C)CC2CC(CCC)=C3CC2(CC3(C)C)C(CCCC)=C1C. The van der Waals surface area contributed by atoms with E-state index in [2.05, 4.69) is 41.5 Å². The molecule has 3 rings (SSSR count). The van der Waals surface area contributed by atoms with Crippen LogP contribution in [0.5, 0.6) is 0 Å². The second-order valence-electron chi connectivity index (χ2n) is 9.96. The van der Waals surface area contributed by atoms with Crippen LogP contribution in [-0.4, -0.2) is 7.85 Å². The van der Waals surface area contributed by atoms with Gasteiger partial charge in [0.25, 0.3) is 0 Å². The Morgan fingerprint density at radius 3 is 2.42 bits per heavy atom. The molecule has 1 fully saturated rings. The van der Waals surface area contributed by atoms with Crippen LogP contribution in [0, 0.1) is 16.7 Å². The molecule has 2 bridgehead atoms. The first-order chi connectivity index (χ1) is 11.2. The molecule has 2 radical (unpaired) electrons. The zero-order chi connectivity index (χ0) is 17.8. The topological polar surface area (TPSA) is 0 Å². The molecule has 3 aliphatic carbocycles. The van der Waals surface area contributed by atoms with E-state index in [1.807, 2.05) is 5.57 Å². The van der Waals surface area contributed by atoms with Gasteiger partial charge in [-0.05, 0) is 73.9 Å². The van der Waals surface area contributed by atoms with E-state index in [1.165, 1.54) is 63.4 Å². The number of rotatable bonds is 5. The zero-order valence-electron chi connectivity index (χ0n) is 17.0. The highest BCUT2D eigenvalue weighted by molar-refractivity contribution is 6.17. The molecule has 0 saturated heterocycles. The molecule has 1 saturated carbocycles. The molecule has 0 heterocycles. The third-order valence-corrected chi connectivity index (χ3v) is 7.68. The summed E-state index contributed by atoms with van der Waals surface area (Å²) >= 11 is 0. The quantitative estimate of drug-likeness (QED) is 0.371. The first-order valence-corrected chi connectivity index (χ1v) is 10.4. The van der Waals surface area contributed by atoms with E-state index in [0.717, 1.165) is 5.92 Å². The van der Waals surface area contributed by atoms with Gasteiger partial charge in [-0.2, -0.15) is 0 Å². The van der Waals surface area contributed by atoms with Gasteiger partial charge in [0, 0.05) is 0 Å². The lowest BCUT2D eigenvalue weighted by atomic mass is 9.47. The summed E-state index contributed by atoms with van der Waals surface area (Å²) in [6.45, 7) is 14.3. The fraction of sp³-hybridized carbons (Fsp3) is 0.826. The van der Waals surface area contributed by atoms with Crippen molar-refractivity contribution in [2.45, 2.75) is 105 Å². The van der Waals surface area contributed by atoms with E-state index in [-0.39, 0.29) is 5.31 Å². The van der Waals surface area contributed by atoms with E-state index in [9.17, 15) is 0 Å². The molecule has 3 aliphatic rings. The third-order valence-electron chi connectivity index (χ3n) is 7.68. The lowest BCUT2D eigenvalue weighted by Crippen LogP contribution is -2.40. The van der Waals surface area contributed by atoms with Crippen molar-refractivity contribution in [2.75, 3.05) is 0 Å². The Kier molecular flexibility index (Phi) is 4.63. The Hall–Kier alpha value is -0.455. The smallest absolute Gasteiger partial charge is 0.0763 e. The molecule has 0 aromatic carbocycles. The third kappa shape index (κ3) is 2.65. The second-order valence-corrected chi connectivity index (χ2v) is 9.96. The van der Waals surface area contributed by atoms with Crippen LogP contribution in [-0.2, 0) is 0 Å². The minimum Gasteiger partial charge on any atom is -0.0763 e. The van der Waals surface area contributed by atoms with Gasteiger partial charge in [0.2, 0.25) is 0 Å². The molecule has 24 heavy (non-hydrogen) atoms. The maximum atomic E-state index is 6.83. The van der Waals surface area contributed by atoms with Crippen LogP contribution in [0.2, 0.25) is 5.31 Å². The van der Waals surface area contributed by atoms with Gasteiger partial charge in [0.1, 0.15) is 0 Å². The van der Waals surface area contributed by atoms with E-state index in [0.29, 0.717) is 10.8 Å². The van der Waals surface area contributed by atoms with Crippen LogP contribution in [0.25, 0.3) is 0 Å². The van der Waals surface area contributed by atoms with Gasteiger partial charge in [-0.3, -0.25) is 0 Å². The normalized spacial score (nSPS) is 37.8. The van der Waals surface area contributed by atoms with Crippen molar-refractivity contribution in [1.82, 2.24) is 0 Å². The summed E-state index contributed by atoms with van der Waals surface area (Å²) in [5.74, 6) is 0.773. The number of hydrogen-bond donors (Lipinski definition) is 0. The highest BCUT2D eigenvalue weighted by atomic mass is 14.6. The van der Waals surface area contributed by atoms with Crippen LogP contribution in [0.15, 0.2) is 22.3 Å². The van der Waals surface area contributed by atoms with E-state index in [4.69, 9.17) is 7.85 Å². The summed E-state index contributed by atoms with van der Waals surface area (Å²) in [4.78, 5) is 0. The van der Waals surface area contributed by atoms with Crippen LogP contribution < -0.4 is 0 Å². The van der Waals surface area contributed by atoms with Crippen molar-refractivity contribution >= 4 is 7.85 Å². The highest BCUT2D eigenvalue weighted by Gasteiger charge is 2.58. The van der Waals surface area contributed by atoms with Crippen molar-refractivity contribution in [2.24, 2.45) is 16.7 Å². The predicted octanol–water partition coefficient (Wildman–Crippen LogP) is 7.17. The largest absolute Gasteiger partial charge is 0.0802 e. The van der Waals surface area contributed by atoms with Gasteiger partial charge in [-0.25, -0.2) is 0 Å². The molecule has 3 unspecified atom stereocenters. The summed E-state index contributed by atoms with van der Waals surface area (Å²) in [5.41, 5.74) is 7.74. The fourth-order valence-corrected chi connectivity index (χ4v) is 6.48. The van der Waals surface area contributed by atoms with Crippen LogP contribution >= 0.6 is 0 Å². The number of unbranched alkanes of at least 4 members (excludes halogenated alkanes) is 1. The van der Waals surface area contributed by atoms with Crippen LogP contribution in [0.4, 0.5) is 0 Å². The van der Waals surface area contributed by atoms with Crippen molar-refractivity contribution < 1.29 is 0 Å². The van der Waals surface area contributed by atoms with E-state index >= 15 is 0 Å².